The molecule has 2 aromatic rings. The van der Waals surface area contributed by atoms with Crippen molar-refractivity contribution in [3.8, 4) is 0 Å². The quantitative estimate of drug-likeness (QED) is 0.790. The largest absolute Gasteiger partial charge is 0.396 e. The fourth-order valence-electron chi connectivity index (χ4n) is 2.02. The number of nitrogens with zero attached hydrogens (tertiary/aromatic N) is 1. The highest BCUT2D eigenvalue weighted by atomic mass is 16.2. The second-order valence-corrected chi connectivity index (χ2v) is 4.33. The SMILES string of the molecule is Cn1c(=O)cc(NCCCCO)c2ccccc21. The third-order valence-electron chi connectivity index (χ3n) is 3.05. The van der Waals surface area contributed by atoms with E-state index in [9.17, 15) is 4.79 Å². The number of rotatable bonds is 5. The van der Waals surface area contributed by atoms with E-state index < -0.39 is 0 Å². The Morgan fingerprint density at radius 2 is 2.06 bits per heavy atom. The molecule has 0 saturated carbocycles. The van der Waals surface area contributed by atoms with Crippen molar-refractivity contribution in [3.05, 3.63) is 40.7 Å². The van der Waals surface area contributed by atoms with Crippen LogP contribution in [0.2, 0.25) is 0 Å². The summed E-state index contributed by atoms with van der Waals surface area (Å²) >= 11 is 0. The number of aliphatic hydroxyl groups excluding tert-OH is 1. The average molecular weight is 246 g/mol. The number of aryl methyl sites for hydroxylation is 1. The van der Waals surface area contributed by atoms with Crippen molar-refractivity contribution in [3.63, 3.8) is 0 Å². The van der Waals surface area contributed by atoms with Gasteiger partial charge in [-0.25, -0.2) is 0 Å². The van der Waals surface area contributed by atoms with Gasteiger partial charge < -0.3 is 15.0 Å². The molecule has 0 amide bonds. The zero-order valence-corrected chi connectivity index (χ0v) is 10.5. The molecule has 0 saturated heterocycles. The van der Waals surface area contributed by atoms with Crippen LogP contribution in [0.3, 0.4) is 0 Å². The fourth-order valence-corrected chi connectivity index (χ4v) is 2.02. The predicted molar refractivity (Wildman–Crippen MR) is 74.0 cm³/mol. The standard InChI is InChI=1S/C14H18N2O2/c1-16-13-7-3-2-6-11(13)12(10-14(16)18)15-8-4-5-9-17/h2-3,6-7,10,15,17H,4-5,8-9H2,1H3. The van der Waals surface area contributed by atoms with Gasteiger partial charge in [0.2, 0.25) is 0 Å². The minimum Gasteiger partial charge on any atom is -0.396 e. The van der Waals surface area contributed by atoms with Crippen molar-refractivity contribution >= 4 is 16.6 Å². The van der Waals surface area contributed by atoms with Crippen LogP contribution in [0.15, 0.2) is 35.1 Å². The van der Waals surface area contributed by atoms with E-state index in [-0.39, 0.29) is 12.2 Å². The number of aliphatic hydroxyl groups is 1. The van der Waals surface area contributed by atoms with Gasteiger partial charge in [0, 0.05) is 37.3 Å². The molecule has 1 heterocycles. The minimum atomic E-state index is -0.0154. The lowest BCUT2D eigenvalue weighted by atomic mass is 10.1. The maximum absolute atomic E-state index is 11.8. The van der Waals surface area contributed by atoms with E-state index in [4.69, 9.17) is 5.11 Å². The number of pyridine rings is 1. The van der Waals surface area contributed by atoms with Crippen LogP contribution in [0.1, 0.15) is 12.8 Å². The Kier molecular flexibility index (Phi) is 3.99. The van der Waals surface area contributed by atoms with Crippen molar-refractivity contribution in [2.75, 3.05) is 18.5 Å². The number of nitrogens with one attached hydrogen (secondary N) is 1. The molecule has 0 aliphatic carbocycles. The fraction of sp³-hybridized carbons (Fsp3) is 0.357. The lowest BCUT2D eigenvalue weighted by Gasteiger charge is -2.11. The molecule has 4 heteroatoms. The Morgan fingerprint density at radius 3 is 2.83 bits per heavy atom. The third kappa shape index (κ3) is 2.54. The first kappa shape index (κ1) is 12.6. The molecule has 2 rings (SSSR count). The molecule has 0 spiro atoms. The van der Waals surface area contributed by atoms with E-state index >= 15 is 0 Å². The second-order valence-electron chi connectivity index (χ2n) is 4.33. The molecule has 0 aliphatic rings. The average Bonchev–Trinajstić information content (AvgIpc) is 2.40. The molecule has 0 unspecified atom stereocenters. The third-order valence-corrected chi connectivity index (χ3v) is 3.05. The summed E-state index contributed by atoms with van der Waals surface area (Å²) in [6, 6.07) is 9.46. The predicted octanol–water partition coefficient (Wildman–Crippen LogP) is 1.72. The number of hydrogen-bond acceptors (Lipinski definition) is 3. The Morgan fingerprint density at radius 1 is 1.28 bits per heavy atom. The summed E-state index contributed by atoms with van der Waals surface area (Å²) in [4.78, 5) is 11.8. The molecule has 0 atom stereocenters. The van der Waals surface area contributed by atoms with E-state index in [0.29, 0.717) is 0 Å². The Hall–Kier alpha value is -1.81. The van der Waals surface area contributed by atoms with Crippen LogP contribution in [-0.4, -0.2) is 22.8 Å². The number of unbranched alkanes of at least 4 members (excludes halogenated alkanes) is 1. The van der Waals surface area contributed by atoms with Crippen LogP contribution in [-0.2, 0) is 7.05 Å². The van der Waals surface area contributed by atoms with Gasteiger partial charge in [0.1, 0.15) is 0 Å². The van der Waals surface area contributed by atoms with Crippen LogP contribution < -0.4 is 10.9 Å². The topological polar surface area (TPSA) is 54.3 Å². The molecular weight excluding hydrogens is 228 g/mol. The van der Waals surface area contributed by atoms with Gasteiger partial charge in [-0.05, 0) is 18.9 Å². The molecular formula is C14H18N2O2. The number of fused-ring (bicyclic) bond motifs is 1. The Labute approximate surface area is 106 Å². The number of hydrogen-bond donors (Lipinski definition) is 2. The maximum atomic E-state index is 11.8. The normalized spacial score (nSPS) is 10.8. The molecule has 18 heavy (non-hydrogen) atoms. The number of para-hydroxylation sites is 1. The highest BCUT2D eigenvalue weighted by Crippen LogP contribution is 2.20. The van der Waals surface area contributed by atoms with Crippen molar-refractivity contribution in [2.45, 2.75) is 12.8 Å². The molecule has 1 aromatic heterocycles. The summed E-state index contributed by atoms with van der Waals surface area (Å²) in [5.41, 5.74) is 1.78. The van der Waals surface area contributed by atoms with E-state index in [1.807, 2.05) is 24.3 Å². The Balaban J connectivity index is 2.32. The Bertz CT molecular complexity index is 590. The first-order valence-electron chi connectivity index (χ1n) is 6.17. The van der Waals surface area contributed by atoms with E-state index in [0.717, 1.165) is 36.0 Å². The number of benzene rings is 1. The summed E-state index contributed by atoms with van der Waals surface area (Å²) in [5.74, 6) is 0. The van der Waals surface area contributed by atoms with Crippen LogP contribution >= 0.6 is 0 Å². The highest BCUT2D eigenvalue weighted by Gasteiger charge is 2.05. The molecule has 0 radical (unpaired) electrons. The van der Waals surface area contributed by atoms with E-state index in [1.54, 1.807) is 17.7 Å². The first-order valence-corrected chi connectivity index (χ1v) is 6.17. The summed E-state index contributed by atoms with van der Waals surface area (Å²) in [7, 11) is 1.78. The number of anilines is 1. The smallest absolute Gasteiger partial charge is 0.252 e. The van der Waals surface area contributed by atoms with Crippen LogP contribution in [0, 0.1) is 0 Å². The van der Waals surface area contributed by atoms with Crippen LogP contribution in [0.5, 0.6) is 0 Å². The van der Waals surface area contributed by atoms with Gasteiger partial charge >= 0.3 is 0 Å². The maximum Gasteiger partial charge on any atom is 0.252 e. The van der Waals surface area contributed by atoms with Gasteiger partial charge in [-0.1, -0.05) is 18.2 Å². The molecule has 1 aromatic carbocycles. The molecule has 0 bridgehead atoms. The van der Waals surface area contributed by atoms with E-state index in [1.165, 1.54) is 0 Å². The molecule has 4 nitrogen and oxygen atoms in total. The van der Waals surface area contributed by atoms with Gasteiger partial charge in [0.25, 0.3) is 5.56 Å². The molecule has 2 N–H and O–H groups in total. The monoisotopic (exact) mass is 246 g/mol. The zero-order valence-electron chi connectivity index (χ0n) is 10.5. The number of aromatic nitrogens is 1. The van der Waals surface area contributed by atoms with Gasteiger partial charge in [-0.2, -0.15) is 0 Å². The lowest BCUT2D eigenvalue weighted by Crippen LogP contribution is -2.17. The van der Waals surface area contributed by atoms with Gasteiger partial charge in [0.05, 0.1) is 5.52 Å². The van der Waals surface area contributed by atoms with Crippen molar-refractivity contribution < 1.29 is 5.11 Å². The van der Waals surface area contributed by atoms with Crippen molar-refractivity contribution in [1.82, 2.24) is 4.57 Å². The van der Waals surface area contributed by atoms with Crippen molar-refractivity contribution in [2.24, 2.45) is 7.05 Å². The summed E-state index contributed by atoms with van der Waals surface area (Å²) in [6.45, 7) is 0.969. The first-order chi connectivity index (χ1) is 8.74. The summed E-state index contributed by atoms with van der Waals surface area (Å²) in [6.07, 6.45) is 1.66. The lowest BCUT2D eigenvalue weighted by molar-refractivity contribution is 0.286. The second kappa shape index (κ2) is 5.69. The van der Waals surface area contributed by atoms with Gasteiger partial charge in [0.15, 0.2) is 0 Å². The molecule has 0 fully saturated rings. The highest BCUT2D eigenvalue weighted by molar-refractivity contribution is 5.91. The van der Waals surface area contributed by atoms with Crippen molar-refractivity contribution in [1.29, 1.82) is 0 Å². The molecule has 96 valence electrons. The van der Waals surface area contributed by atoms with Crippen LogP contribution in [0.25, 0.3) is 10.9 Å². The molecule has 0 aliphatic heterocycles. The summed E-state index contributed by atoms with van der Waals surface area (Å²) in [5, 5.41) is 13.0. The van der Waals surface area contributed by atoms with Gasteiger partial charge in [-0.15, -0.1) is 0 Å². The van der Waals surface area contributed by atoms with Crippen LogP contribution in [0.4, 0.5) is 5.69 Å². The summed E-state index contributed by atoms with van der Waals surface area (Å²) < 4.78 is 1.65. The van der Waals surface area contributed by atoms with E-state index in [2.05, 4.69) is 5.32 Å². The zero-order chi connectivity index (χ0) is 13.0. The minimum absolute atomic E-state index is 0.0154. The van der Waals surface area contributed by atoms with Gasteiger partial charge in [-0.3, -0.25) is 4.79 Å².